The number of rotatable bonds is 7. The SMILES string of the molecule is CSc1ccc(S(=O)(=O)N[C@@H](C)c2ccc(S(C)(=O)=O)cc2)cc1C(=O)N1CCCC1. The predicted molar refractivity (Wildman–Crippen MR) is 122 cm³/mol. The zero-order chi connectivity index (χ0) is 22.8. The first-order valence-electron chi connectivity index (χ1n) is 9.82. The minimum absolute atomic E-state index is 0.0208. The lowest BCUT2D eigenvalue weighted by atomic mass is 10.1. The molecule has 1 saturated heterocycles. The van der Waals surface area contributed by atoms with E-state index in [0.29, 0.717) is 24.2 Å². The third-order valence-corrected chi connectivity index (χ3v) is 8.71. The number of benzene rings is 2. The Kier molecular flexibility index (Phi) is 7.14. The lowest BCUT2D eigenvalue weighted by molar-refractivity contribution is 0.0789. The van der Waals surface area contributed by atoms with Crippen LogP contribution >= 0.6 is 11.8 Å². The summed E-state index contributed by atoms with van der Waals surface area (Å²) in [5.74, 6) is -0.150. The molecule has 2 aromatic rings. The van der Waals surface area contributed by atoms with Crippen molar-refractivity contribution in [1.29, 1.82) is 0 Å². The maximum Gasteiger partial charge on any atom is 0.255 e. The minimum atomic E-state index is -3.90. The van der Waals surface area contributed by atoms with Crippen LogP contribution in [0.3, 0.4) is 0 Å². The van der Waals surface area contributed by atoms with Crippen molar-refractivity contribution in [2.24, 2.45) is 0 Å². The molecule has 0 spiro atoms. The molecule has 1 atom stereocenters. The van der Waals surface area contributed by atoms with Gasteiger partial charge in [0.1, 0.15) is 0 Å². The summed E-state index contributed by atoms with van der Waals surface area (Å²) in [7, 11) is -7.23. The van der Waals surface area contributed by atoms with Gasteiger partial charge in [-0.1, -0.05) is 12.1 Å². The minimum Gasteiger partial charge on any atom is -0.339 e. The molecule has 7 nitrogen and oxygen atoms in total. The first-order valence-corrected chi connectivity index (χ1v) is 14.4. The molecule has 1 aliphatic heterocycles. The van der Waals surface area contributed by atoms with Crippen LogP contribution in [0.1, 0.15) is 41.7 Å². The van der Waals surface area contributed by atoms with E-state index in [-0.39, 0.29) is 15.7 Å². The number of sulfonamides is 1. The van der Waals surface area contributed by atoms with Crippen molar-refractivity contribution in [3.05, 3.63) is 53.6 Å². The van der Waals surface area contributed by atoms with Gasteiger partial charge in [0.2, 0.25) is 10.0 Å². The number of nitrogens with zero attached hydrogens (tertiary/aromatic N) is 1. The van der Waals surface area contributed by atoms with Gasteiger partial charge in [-0.2, -0.15) is 0 Å². The van der Waals surface area contributed by atoms with Gasteiger partial charge in [-0.3, -0.25) is 4.79 Å². The van der Waals surface area contributed by atoms with Crippen LogP contribution in [0.5, 0.6) is 0 Å². The Bertz CT molecular complexity index is 1170. The van der Waals surface area contributed by atoms with Gasteiger partial charge in [-0.25, -0.2) is 21.6 Å². The second-order valence-corrected chi connectivity index (χ2v) is 12.1. The topological polar surface area (TPSA) is 101 Å². The zero-order valence-corrected chi connectivity index (χ0v) is 20.1. The third-order valence-electron chi connectivity index (χ3n) is 5.25. The highest BCUT2D eigenvalue weighted by molar-refractivity contribution is 7.98. The Morgan fingerprint density at radius 1 is 1.00 bits per heavy atom. The van der Waals surface area contributed by atoms with Crippen LogP contribution in [0.4, 0.5) is 0 Å². The van der Waals surface area contributed by atoms with E-state index in [9.17, 15) is 21.6 Å². The second-order valence-electron chi connectivity index (χ2n) is 7.55. The maximum absolute atomic E-state index is 13.0. The van der Waals surface area contributed by atoms with Crippen LogP contribution in [0, 0.1) is 0 Å². The Morgan fingerprint density at radius 2 is 1.58 bits per heavy atom. The number of likely N-dealkylation sites (tertiary alicyclic amines) is 1. The molecule has 3 rings (SSSR count). The Balaban J connectivity index is 1.85. The molecule has 0 radical (unpaired) electrons. The second kappa shape index (κ2) is 9.32. The van der Waals surface area contributed by atoms with E-state index in [2.05, 4.69) is 4.72 Å². The molecule has 1 fully saturated rings. The highest BCUT2D eigenvalue weighted by Gasteiger charge is 2.25. The molecule has 1 amide bonds. The van der Waals surface area contributed by atoms with Crippen molar-refractivity contribution in [1.82, 2.24) is 9.62 Å². The normalized spacial score (nSPS) is 15.8. The molecule has 1 heterocycles. The number of thioether (sulfide) groups is 1. The van der Waals surface area contributed by atoms with E-state index >= 15 is 0 Å². The highest BCUT2D eigenvalue weighted by atomic mass is 32.2. The summed E-state index contributed by atoms with van der Waals surface area (Å²) in [6.07, 6.45) is 4.88. The van der Waals surface area contributed by atoms with Gasteiger partial charge >= 0.3 is 0 Å². The fraction of sp³-hybridized carbons (Fsp3) is 0.381. The van der Waals surface area contributed by atoms with E-state index < -0.39 is 25.9 Å². The number of hydrogen-bond acceptors (Lipinski definition) is 6. The van der Waals surface area contributed by atoms with Crippen molar-refractivity contribution in [3.63, 3.8) is 0 Å². The van der Waals surface area contributed by atoms with Gasteiger partial charge in [0, 0.05) is 30.3 Å². The Morgan fingerprint density at radius 3 is 2.13 bits per heavy atom. The molecule has 1 aliphatic rings. The van der Waals surface area contributed by atoms with E-state index in [1.165, 1.54) is 36.0 Å². The smallest absolute Gasteiger partial charge is 0.255 e. The summed E-state index contributed by atoms with van der Waals surface area (Å²) < 4.78 is 51.8. The maximum atomic E-state index is 13.0. The van der Waals surface area contributed by atoms with Gasteiger partial charge in [-0.15, -0.1) is 11.8 Å². The van der Waals surface area contributed by atoms with Crippen LogP contribution in [0.25, 0.3) is 0 Å². The number of hydrogen-bond donors (Lipinski definition) is 1. The summed E-state index contributed by atoms with van der Waals surface area (Å²) in [5, 5.41) is 0. The summed E-state index contributed by atoms with van der Waals surface area (Å²) >= 11 is 1.40. The van der Waals surface area contributed by atoms with Crippen LogP contribution in [-0.2, 0) is 19.9 Å². The average molecular weight is 483 g/mol. The fourth-order valence-corrected chi connectivity index (χ4v) is 5.94. The Labute approximate surface area is 188 Å². The zero-order valence-electron chi connectivity index (χ0n) is 17.7. The van der Waals surface area contributed by atoms with Crippen molar-refractivity contribution < 1.29 is 21.6 Å². The lowest BCUT2D eigenvalue weighted by Crippen LogP contribution is -2.29. The molecule has 1 N–H and O–H groups in total. The molecule has 168 valence electrons. The van der Waals surface area contributed by atoms with Gasteiger partial charge in [0.25, 0.3) is 5.91 Å². The Hall–Kier alpha value is -1.88. The van der Waals surface area contributed by atoms with Crippen LogP contribution in [0.2, 0.25) is 0 Å². The van der Waals surface area contributed by atoms with Gasteiger partial charge in [0.05, 0.1) is 15.4 Å². The highest BCUT2D eigenvalue weighted by Crippen LogP contribution is 2.27. The van der Waals surface area contributed by atoms with E-state index in [4.69, 9.17) is 0 Å². The molecule has 0 saturated carbocycles. The summed E-state index contributed by atoms with van der Waals surface area (Å²) in [5.41, 5.74) is 1.02. The molecular formula is C21H26N2O5S3. The molecule has 2 aromatic carbocycles. The van der Waals surface area contributed by atoms with E-state index in [0.717, 1.165) is 24.0 Å². The van der Waals surface area contributed by atoms with Gasteiger partial charge in [0.15, 0.2) is 9.84 Å². The summed E-state index contributed by atoms with van der Waals surface area (Å²) in [6.45, 7) is 3.05. The van der Waals surface area contributed by atoms with Crippen LogP contribution in [-0.4, -0.2) is 53.2 Å². The number of carbonyl (C=O) groups is 1. The number of amides is 1. The fourth-order valence-electron chi connectivity index (χ4n) is 3.48. The van der Waals surface area contributed by atoms with E-state index in [1.807, 2.05) is 6.26 Å². The van der Waals surface area contributed by atoms with Gasteiger partial charge < -0.3 is 4.90 Å². The van der Waals surface area contributed by atoms with Crippen LogP contribution < -0.4 is 4.72 Å². The first-order chi connectivity index (χ1) is 14.5. The summed E-state index contributed by atoms with van der Waals surface area (Å²) in [4.78, 5) is 15.6. The predicted octanol–water partition coefficient (Wildman–Crippen LogP) is 3.09. The molecule has 0 aromatic heterocycles. The number of sulfone groups is 1. The monoisotopic (exact) mass is 482 g/mol. The molecular weight excluding hydrogens is 456 g/mol. The van der Waals surface area contributed by atoms with Crippen molar-refractivity contribution in [3.8, 4) is 0 Å². The van der Waals surface area contributed by atoms with E-state index in [1.54, 1.807) is 30.0 Å². The standard InChI is InChI=1S/C21H26N2O5S3/c1-15(16-6-8-17(9-7-16)30(3,25)26)22-31(27,28)18-10-11-20(29-2)19(14-18)21(24)23-12-4-5-13-23/h6-11,14-15,22H,4-5,12-13H2,1-3H3/t15-/m0/s1. The van der Waals surface area contributed by atoms with Crippen LogP contribution in [0.15, 0.2) is 57.2 Å². The van der Waals surface area contributed by atoms with Crippen molar-refractivity contribution in [2.75, 3.05) is 25.6 Å². The van der Waals surface area contributed by atoms with Gasteiger partial charge in [-0.05, 0) is 61.9 Å². The molecule has 0 bridgehead atoms. The first kappa shape index (κ1) is 23.8. The number of nitrogens with one attached hydrogen (secondary N) is 1. The van der Waals surface area contributed by atoms with Crippen molar-refractivity contribution in [2.45, 2.75) is 40.5 Å². The van der Waals surface area contributed by atoms with Crippen molar-refractivity contribution >= 4 is 37.5 Å². The quantitative estimate of drug-likeness (QED) is 0.609. The average Bonchev–Trinajstić information content (AvgIpc) is 3.26. The number of carbonyl (C=O) groups excluding carboxylic acids is 1. The molecule has 0 unspecified atom stereocenters. The third kappa shape index (κ3) is 5.49. The lowest BCUT2D eigenvalue weighted by Gasteiger charge is -2.19. The summed E-state index contributed by atoms with van der Waals surface area (Å²) in [6, 6.07) is 10.1. The molecule has 31 heavy (non-hydrogen) atoms. The molecule has 10 heteroatoms. The molecule has 0 aliphatic carbocycles. The largest absolute Gasteiger partial charge is 0.339 e.